The maximum Gasteiger partial charge on any atom is 0.293 e. The molecule has 0 aromatic heterocycles. The van der Waals surface area contributed by atoms with Gasteiger partial charge in [-0.15, -0.1) is 6.58 Å². The molecule has 3 aromatic carbocycles. The zero-order valence-electron chi connectivity index (χ0n) is 16.0. The van der Waals surface area contributed by atoms with Crippen LogP contribution in [0, 0.1) is 0 Å². The van der Waals surface area contributed by atoms with Gasteiger partial charge >= 0.3 is 0 Å². The Morgan fingerprint density at radius 1 is 1.03 bits per heavy atom. The van der Waals surface area contributed by atoms with Crippen LogP contribution in [0.25, 0.3) is 16.8 Å². The Hall–Kier alpha value is -2.83. The summed E-state index contributed by atoms with van der Waals surface area (Å²) in [4.78, 5) is 26.5. The minimum Gasteiger partial charge on any atom is -0.488 e. The number of carbonyl (C=O) groups is 2. The lowest BCUT2D eigenvalue weighted by Gasteiger charge is -2.13. The van der Waals surface area contributed by atoms with E-state index in [0.29, 0.717) is 17.3 Å². The number of nitrogens with zero attached hydrogens (tertiary/aromatic N) is 1. The molecule has 0 N–H and O–H groups in total. The summed E-state index contributed by atoms with van der Waals surface area (Å²) in [5, 5.41) is 1.70. The van der Waals surface area contributed by atoms with Gasteiger partial charge in [-0.3, -0.25) is 14.5 Å². The molecule has 150 valence electrons. The maximum atomic E-state index is 12.7. The summed E-state index contributed by atoms with van der Waals surface area (Å²) < 4.78 is 7.13. The van der Waals surface area contributed by atoms with Crippen LogP contribution in [-0.4, -0.2) is 22.6 Å². The van der Waals surface area contributed by atoms with Gasteiger partial charge < -0.3 is 4.74 Å². The highest BCUT2D eigenvalue weighted by molar-refractivity contribution is 9.10. The van der Waals surface area contributed by atoms with Crippen molar-refractivity contribution in [2.45, 2.75) is 6.61 Å². The third kappa shape index (κ3) is 4.20. The van der Waals surface area contributed by atoms with E-state index in [1.54, 1.807) is 12.2 Å². The minimum absolute atomic E-state index is 0.199. The average Bonchev–Trinajstić information content (AvgIpc) is 3.02. The number of halogens is 1. The SMILES string of the molecule is C=CCN1C(=O)S/C(=C/c2c(OCc3ccc(Br)cc3)ccc3ccccc23)C1=O. The molecule has 30 heavy (non-hydrogen) atoms. The third-order valence-corrected chi connectivity index (χ3v) is 6.14. The molecule has 0 saturated carbocycles. The van der Waals surface area contributed by atoms with Crippen LogP contribution in [0.1, 0.15) is 11.1 Å². The van der Waals surface area contributed by atoms with E-state index in [9.17, 15) is 9.59 Å². The number of hydrogen-bond acceptors (Lipinski definition) is 4. The molecule has 0 unspecified atom stereocenters. The largest absolute Gasteiger partial charge is 0.488 e. The maximum absolute atomic E-state index is 12.7. The van der Waals surface area contributed by atoms with Gasteiger partial charge in [-0.05, 0) is 52.4 Å². The molecule has 2 amide bonds. The van der Waals surface area contributed by atoms with Crippen LogP contribution in [-0.2, 0) is 11.4 Å². The van der Waals surface area contributed by atoms with Gasteiger partial charge in [0.2, 0.25) is 0 Å². The van der Waals surface area contributed by atoms with Crippen molar-refractivity contribution < 1.29 is 14.3 Å². The fourth-order valence-electron chi connectivity index (χ4n) is 3.21. The van der Waals surface area contributed by atoms with Crippen molar-refractivity contribution in [2.75, 3.05) is 6.54 Å². The van der Waals surface area contributed by atoms with E-state index in [1.165, 1.54) is 4.90 Å². The first-order valence-electron chi connectivity index (χ1n) is 9.32. The van der Waals surface area contributed by atoms with Crippen molar-refractivity contribution in [3.63, 3.8) is 0 Å². The summed E-state index contributed by atoms with van der Waals surface area (Å²) >= 11 is 4.37. The number of ether oxygens (including phenoxy) is 1. The van der Waals surface area contributed by atoms with Gasteiger partial charge in [0.1, 0.15) is 12.4 Å². The first-order valence-corrected chi connectivity index (χ1v) is 10.9. The molecule has 0 radical (unpaired) electrons. The number of fused-ring (bicyclic) bond motifs is 1. The Labute approximate surface area is 187 Å². The first-order chi connectivity index (χ1) is 14.6. The van der Waals surface area contributed by atoms with Gasteiger partial charge in [0, 0.05) is 16.6 Å². The van der Waals surface area contributed by atoms with Crippen molar-refractivity contribution in [1.29, 1.82) is 0 Å². The van der Waals surface area contributed by atoms with Gasteiger partial charge in [-0.1, -0.05) is 64.5 Å². The normalized spacial score (nSPS) is 15.2. The smallest absolute Gasteiger partial charge is 0.293 e. The molecule has 1 saturated heterocycles. The summed E-state index contributed by atoms with van der Waals surface area (Å²) in [6.07, 6.45) is 3.30. The van der Waals surface area contributed by atoms with Crippen LogP contribution >= 0.6 is 27.7 Å². The molecule has 6 heteroatoms. The number of thioether (sulfide) groups is 1. The Kier molecular flexibility index (Phi) is 6.06. The predicted octanol–water partition coefficient (Wildman–Crippen LogP) is 6.40. The standard InChI is InChI=1S/C24H18BrNO3S/c1-2-13-26-23(27)22(30-24(26)28)14-20-19-6-4-3-5-17(19)9-12-21(20)29-15-16-7-10-18(25)11-8-16/h2-12,14H,1,13,15H2/b22-14+. The number of hydrogen-bond donors (Lipinski definition) is 0. The van der Waals surface area contributed by atoms with Gasteiger partial charge in [0.05, 0.1) is 4.91 Å². The van der Waals surface area contributed by atoms with Crippen LogP contribution in [0.15, 0.2) is 82.7 Å². The topological polar surface area (TPSA) is 46.6 Å². The lowest BCUT2D eigenvalue weighted by atomic mass is 10.0. The summed E-state index contributed by atoms with van der Waals surface area (Å²) in [5.74, 6) is 0.351. The van der Waals surface area contributed by atoms with Gasteiger partial charge in [0.15, 0.2) is 0 Å². The number of carbonyl (C=O) groups excluding carboxylic acids is 2. The summed E-state index contributed by atoms with van der Waals surface area (Å²) in [5.41, 5.74) is 1.82. The van der Waals surface area contributed by atoms with Crippen LogP contribution in [0.2, 0.25) is 0 Å². The number of benzene rings is 3. The molecule has 1 aliphatic heterocycles. The van der Waals surface area contributed by atoms with Crippen molar-refractivity contribution in [3.8, 4) is 5.75 Å². The third-order valence-electron chi connectivity index (χ3n) is 4.70. The minimum atomic E-state index is -0.309. The van der Waals surface area contributed by atoms with E-state index >= 15 is 0 Å². The van der Waals surface area contributed by atoms with Gasteiger partial charge in [0.25, 0.3) is 11.1 Å². The van der Waals surface area contributed by atoms with E-state index in [-0.39, 0.29) is 17.7 Å². The molecular weight excluding hydrogens is 462 g/mol. The first kappa shape index (κ1) is 20.4. The summed E-state index contributed by atoms with van der Waals surface area (Å²) in [7, 11) is 0. The molecule has 4 nitrogen and oxygen atoms in total. The summed E-state index contributed by atoms with van der Waals surface area (Å²) in [6, 6.07) is 19.7. The molecule has 0 atom stereocenters. The second-order valence-electron chi connectivity index (χ2n) is 6.69. The second kappa shape index (κ2) is 8.90. The number of amides is 2. The average molecular weight is 480 g/mol. The van der Waals surface area contributed by atoms with E-state index in [0.717, 1.165) is 38.1 Å². The summed E-state index contributed by atoms with van der Waals surface area (Å²) in [6.45, 7) is 4.21. The monoisotopic (exact) mass is 479 g/mol. The van der Waals surface area contributed by atoms with Crippen molar-refractivity contribution >= 4 is 55.7 Å². The number of imide groups is 1. The zero-order valence-corrected chi connectivity index (χ0v) is 18.4. The van der Waals surface area contributed by atoms with Crippen molar-refractivity contribution in [3.05, 3.63) is 93.8 Å². The fraction of sp³-hybridized carbons (Fsp3) is 0.0833. The van der Waals surface area contributed by atoms with E-state index < -0.39 is 0 Å². The number of rotatable bonds is 6. The lowest BCUT2D eigenvalue weighted by Crippen LogP contribution is -2.27. The van der Waals surface area contributed by atoms with Crippen LogP contribution in [0.5, 0.6) is 5.75 Å². The molecular formula is C24H18BrNO3S. The second-order valence-corrected chi connectivity index (χ2v) is 8.60. The highest BCUT2D eigenvalue weighted by Gasteiger charge is 2.34. The Bertz CT molecular complexity index is 1170. The zero-order chi connectivity index (χ0) is 21.1. The van der Waals surface area contributed by atoms with E-state index in [4.69, 9.17) is 4.74 Å². The molecule has 1 aliphatic rings. The molecule has 0 aliphatic carbocycles. The molecule has 4 rings (SSSR count). The molecule has 3 aromatic rings. The molecule has 1 fully saturated rings. The lowest BCUT2D eigenvalue weighted by molar-refractivity contribution is -0.122. The quantitative estimate of drug-likeness (QED) is 0.303. The van der Waals surface area contributed by atoms with Gasteiger partial charge in [-0.2, -0.15) is 0 Å². The Morgan fingerprint density at radius 3 is 2.57 bits per heavy atom. The van der Waals surface area contributed by atoms with Crippen LogP contribution in [0.4, 0.5) is 4.79 Å². The highest BCUT2D eigenvalue weighted by atomic mass is 79.9. The molecule has 1 heterocycles. The van der Waals surface area contributed by atoms with Gasteiger partial charge in [-0.25, -0.2) is 0 Å². The van der Waals surface area contributed by atoms with Crippen molar-refractivity contribution in [1.82, 2.24) is 4.90 Å². The van der Waals surface area contributed by atoms with Crippen LogP contribution < -0.4 is 4.74 Å². The fourth-order valence-corrected chi connectivity index (χ4v) is 4.30. The molecule has 0 bridgehead atoms. The highest BCUT2D eigenvalue weighted by Crippen LogP contribution is 2.37. The Balaban J connectivity index is 1.72. The predicted molar refractivity (Wildman–Crippen MR) is 125 cm³/mol. The molecule has 0 spiro atoms. The van der Waals surface area contributed by atoms with E-state index in [2.05, 4.69) is 22.5 Å². The van der Waals surface area contributed by atoms with E-state index in [1.807, 2.05) is 60.7 Å². The van der Waals surface area contributed by atoms with Crippen LogP contribution in [0.3, 0.4) is 0 Å². The Morgan fingerprint density at radius 2 is 1.80 bits per heavy atom. The van der Waals surface area contributed by atoms with Crippen molar-refractivity contribution in [2.24, 2.45) is 0 Å².